The number of ether oxygens (including phenoxy) is 2. The zero-order valence-corrected chi connectivity index (χ0v) is 9.75. The van der Waals surface area contributed by atoms with Gasteiger partial charge in [-0.25, -0.2) is 13.1 Å². The highest BCUT2D eigenvalue weighted by molar-refractivity contribution is 7.89. The molecule has 0 spiro atoms. The number of nitrogens with one attached hydrogen (secondary N) is 1. The van der Waals surface area contributed by atoms with Crippen molar-refractivity contribution in [2.75, 3.05) is 45.8 Å². The van der Waals surface area contributed by atoms with E-state index >= 15 is 0 Å². The molecule has 0 saturated heterocycles. The Hall–Kier alpha value is -0.210. The summed E-state index contributed by atoms with van der Waals surface area (Å²) in [6.07, 6.45) is 0.589. The standard InChI is InChI=1S/C8H19NO5S/c1-13-7-8-15(11,12)9-3-2-5-14-6-4-10/h9-10H,2-8H2,1H3. The van der Waals surface area contributed by atoms with Crippen molar-refractivity contribution < 1.29 is 23.0 Å². The molecule has 0 unspecified atom stereocenters. The van der Waals surface area contributed by atoms with Crippen LogP contribution in [-0.2, 0) is 19.5 Å². The SMILES string of the molecule is COCCS(=O)(=O)NCCCOCCO. The fourth-order valence-electron chi connectivity index (χ4n) is 0.834. The maximum absolute atomic E-state index is 11.2. The fraction of sp³-hybridized carbons (Fsp3) is 1.00. The van der Waals surface area contributed by atoms with Crippen molar-refractivity contribution in [1.82, 2.24) is 4.72 Å². The Labute approximate surface area is 90.6 Å². The summed E-state index contributed by atoms with van der Waals surface area (Å²) in [5, 5.41) is 8.40. The summed E-state index contributed by atoms with van der Waals surface area (Å²) in [5.41, 5.74) is 0. The van der Waals surface area contributed by atoms with E-state index in [-0.39, 0.29) is 25.6 Å². The molecule has 0 heterocycles. The van der Waals surface area contributed by atoms with E-state index in [2.05, 4.69) is 9.46 Å². The highest BCUT2D eigenvalue weighted by Gasteiger charge is 2.07. The van der Waals surface area contributed by atoms with Crippen molar-refractivity contribution in [3.8, 4) is 0 Å². The van der Waals surface area contributed by atoms with Crippen LogP contribution in [0.5, 0.6) is 0 Å². The quantitative estimate of drug-likeness (QED) is 0.477. The van der Waals surface area contributed by atoms with Crippen LogP contribution in [0.3, 0.4) is 0 Å². The number of rotatable bonds is 10. The van der Waals surface area contributed by atoms with Crippen LogP contribution in [-0.4, -0.2) is 59.4 Å². The van der Waals surface area contributed by atoms with Crippen LogP contribution in [0.25, 0.3) is 0 Å². The Kier molecular flexibility index (Phi) is 8.92. The molecule has 0 aliphatic carbocycles. The molecule has 0 aliphatic heterocycles. The molecule has 15 heavy (non-hydrogen) atoms. The minimum absolute atomic E-state index is 0.0143. The van der Waals surface area contributed by atoms with E-state index in [1.807, 2.05) is 0 Å². The lowest BCUT2D eigenvalue weighted by Gasteiger charge is -2.06. The van der Waals surface area contributed by atoms with Crippen LogP contribution in [0.4, 0.5) is 0 Å². The first-order valence-electron chi connectivity index (χ1n) is 4.77. The normalized spacial score (nSPS) is 11.9. The van der Waals surface area contributed by atoms with Gasteiger partial charge in [0.15, 0.2) is 0 Å². The third-order valence-corrected chi connectivity index (χ3v) is 2.93. The van der Waals surface area contributed by atoms with E-state index in [1.54, 1.807) is 0 Å². The average molecular weight is 241 g/mol. The molecule has 0 aromatic carbocycles. The Morgan fingerprint density at radius 1 is 1.27 bits per heavy atom. The molecule has 7 heteroatoms. The van der Waals surface area contributed by atoms with E-state index in [0.717, 1.165) is 0 Å². The summed E-state index contributed by atoms with van der Waals surface area (Å²) in [5.74, 6) is -0.0268. The lowest BCUT2D eigenvalue weighted by atomic mass is 10.5. The van der Waals surface area contributed by atoms with Crippen molar-refractivity contribution in [3.63, 3.8) is 0 Å². The highest BCUT2D eigenvalue weighted by Crippen LogP contribution is 1.87. The van der Waals surface area contributed by atoms with Gasteiger partial charge in [-0.05, 0) is 6.42 Å². The molecule has 0 aromatic heterocycles. The lowest BCUT2D eigenvalue weighted by Crippen LogP contribution is -2.29. The van der Waals surface area contributed by atoms with Crippen molar-refractivity contribution in [2.45, 2.75) is 6.42 Å². The Morgan fingerprint density at radius 3 is 2.60 bits per heavy atom. The molecule has 0 saturated carbocycles. The molecule has 0 amide bonds. The second-order valence-electron chi connectivity index (χ2n) is 2.90. The first-order valence-corrected chi connectivity index (χ1v) is 6.42. The van der Waals surface area contributed by atoms with Crippen LogP contribution < -0.4 is 4.72 Å². The Bertz CT molecular complexity index is 229. The van der Waals surface area contributed by atoms with Gasteiger partial charge in [0, 0.05) is 20.3 Å². The predicted molar refractivity (Wildman–Crippen MR) is 56.2 cm³/mol. The number of aliphatic hydroxyl groups excluding tert-OH is 1. The van der Waals surface area contributed by atoms with Crippen molar-refractivity contribution in [3.05, 3.63) is 0 Å². The van der Waals surface area contributed by atoms with Gasteiger partial charge in [0.2, 0.25) is 10.0 Å². The maximum Gasteiger partial charge on any atom is 0.213 e. The minimum Gasteiger partial charge on any atom is -0.394 e. The van der Waals surface area contributed by atoms with Crippen molar-refractivity contribution in [1.29, 1.82) is 0 Å². The number of hydrogen-bond acceptors (Lipinski definition) is 5. The zero-order valence-electron chi connectivity index (χ0n) is 8.94. The van der Waals surface area contributed by atoms with Crippen LogP contribution in [0, 0.1) is 0 Å². The van der Waals surface area contributed by atoms with Crippen LogP contribution in [0.15, 0.2) is 0 Å². The maximum atomic E-state index is 11.2. The average Bonchev–Trinajstić information content (AvgIpc) is 2.20. The summed E-state index contributed by atoms with van der Waals surface area (Å²) in [4.78, 5) is 0. The molecule has 0 rings (SSSR count). The molecule has 0 aliphatic rings. The first-order chi connectivity index (χ1) is 7.12. The minimum atomic E-state index is -3.22. The van der Waals surface area contributed by atoms with Gasteiger partial charge in [-0.2, -0.15) is 0 Å². The topological polar surface area (TPSA) is 84.9 Å². The monoisotopic (exact) mass is 241 g/mol. The Balaban J connectivity index is 3.41. The van der Waals surface area contributed by atoms with Gasteiger partial charge in [0.1, 0.15) is 0 Å². The molecule has 0 fully saturated rings. The predicted octanol–water partition coefficient (Wildman–Crippen LogP) is -1.05. The summed E-state index contributed by atoms with van der Waals surface area (Å²) in [6, 6.07) is 0. The molecule has 0 aromatic rings. The smallest absolute Gasteiger partial charge is 0.213 e. The number of hydrogen-bond donors (Lipinski definition) is 2. The largest absolute Gasteiger partial charge is 0.394 e. The fourth-order valence-corrected chi connectivity index (χ4v) is 1.82. The number of methoxy groups -OCH3 is 1. The van der Waals surface area contributed by atoms with E-state index in [0.29, 0.717) is 19.6 Å². The van der Waals surface area contributed by atoms with Gasteiger partial charge >= 0.3 is 0 Å². The molecular weight excluding hydrogens is 222 g/mol. The summed E-state index contributed by atoms with van der Waals surface area (Å²) in [7, 11) is -1.76. The number of sulfonamides is 1. The number of aliphatic hydroxyl groups is 1. The molecule has 2 N–H and O–H groups in total. The van der Waals surface area contributed by atoms with Gasteiger partial charge in [0.25, 0.3) is 0 Å². The highest BCUT2D eigenvalue weighted by atomic mass is 32.2. The Morgan fingerprint density at radius 2 is 2.00 bits per heavy atom. The van der Waals surface area contributed by atoms with Gasteiger partial charge in [0.05, 0.1) is 25.6 Å². The first kappa shape index (κ1) is 14.8. The molecule has 6 nitrogen and oxygen atoms in total. The van der Waals surface area contributed by atoms with Crippen LogP contribution in [0.2, 0.25) is 0 Å². The van der Waals surface area contributed by atoms with Crippen LogP contribution >= 0.6 is 0 Å². The molecule has 0 atom stereocenters. The van der Waals surface area contributed by atoms with Gasteiger partial charge in [-0.15, -0.1) is 0 Å². The second-order valence-corrected chi connectivity index (χ2v) is 4.82. The molecule has 0 radical (unpaired) electrons. The third-order valence-electron chi connectivity index (χ3n) is 1.58. The van der Waals surface area contributed by atoms with E-state index < -0.39 is 10.0 Å². The van der Waals surface area contributed by atoms with Gasteiger partial charge in [-0.3, -0.25) is 0 Å². The van der Waals surface area contributed by atoms with E-state index in [4.69, 9.17) is 9.84 Å². The summed E-state index contributed by atoms with van der Waals surface area (Å²) in [6.45, 7) is 1.25. The molecule has 0 bridgehead atoms. The molecule has 92 valence electrons. The van der Waals surface area contributed by atoms with E-state index in [9.17, 15) is 8.42 Å². The third kappa shape index (κ3) is 10.1. The van der Waals surface area contributed by atoms with Crippen molar-refractivity contribution >= 4 is 10.0 Å². The second kappa shape index (κ2) is 9.05. The zero-order chi connectivity index (χ0) is 11.6. The van der Waals surface area contributed by atoms with Gasteiger partial charge in [-0.1, -0.05) is 0 Å². The molecular formula is C8H19NO5S. The van der Waals surface area contributed by atoms with Crippen molar-refractivity contribution in [2.24, 2.45) is 0 Å². The van der Waals surface area contributed by atoms with Crippen LogP contribution in [0.1, 0.15) is 6.42 Å². The lowest BCUT2D eigenvalue weighted by molar-refractivity contribution is 0.0913. The summed E-state index contributed by atoms with van der Waals surface area (Å²) < 4.78 is 34.5. The summed E-state index contributed by atoms with van der Waals surface area (Å²) >= 11 is 0. The van der Waals surface area contributed by atoms with E-state index in [1.165, 1.54) is 7.11 Å². The van der Waals surface area contributed by atoms with Gasteiger partial charge < -0.3 is 14.6 Å².